The minimum atomic E-state index is -1.85. The maximum absolute atomic E-state index is 14.2. The maximum atomic E-state index is 14.2. The Bertz CT molecular complexity index is 2340. The molecule has 3 atom stereocenters. The summed E-state index contributed by atoms with van der Waals surface area (Å²) in [7, 11) is -0.453. The Balaban J connectivity index is 0.00000171. The normalized spacial score (nSPS) is 11.9. The Morgan fingerprint density at radius 2 is 0.954 bits per heavy atom. The third kappa shape index (κ3) is 38.0. The zero-order valence-corrected chi connectivity index (χ0v) is 51.1. The Hall–Kier alpha value is -6.13. The number of hydrogen-bond acceptors (Lipinski definition) is 21. The van der Waals surface area contributed by atoms with Crippen LogP contribution < -0.4 is 70.2 Å². The van der Waals surface area contributed by atoms with Gasteiger partial charge in [0.25, 0.3) is 5.91 Å². The number of nitrogens with two attached hydrogens (primary N) is 2. The van der Waals surface area contributed by atoms with Crippen molar-refractivity contribution in [2.45, 2.75) is 59.8 Å². The lowest BCUT2D eigenvalue weighted by Crippen LogP contribution is -2.42. The lowest BCUT2D eigenvalue weighted by molar-refractivity contribution is -0.137. The standard InChI is InChI=1S/C34H59BFN7O9.C14H30N4O4.C7H6BFO4/c1-24(20-29(44)40-14-11-38-10-8-37)31(46)34(2,3)23-25(32(47)42-9-5-17-52-19-18-51-4)21-30(45)41-15-12-39-13-16-43-33(48)27-7-6-26(35(49)50)22-28(27)36;1-12(14(20)18-8-7-16-6-4-15)13(19)17-5-3-9-22-11-10-21-2;9-6-3-4(8(12)13)1-2-5(6)7(10)11/h6-7,22,24-25,38-39,49-50H,5,8-21,23,37H2,1-4H3,(H,40,44)(H,41,45)(H,42,47)(H,43,48);12,16H,3-11,15H2,1-2H3,(H,17,19)(H,18,20);1-3,12-13H,(H,10,11). The predicted molar refractivity (Wildman–Crippen MR) is 323 cm³/mol. The summed E-state index contributed by atoms with van der Waals surface area (Å²) in [5, 5.41) is 69.5. The molecular formula is C55H95B2F2N11O17. The van der Waals surface area contributed by atoms with Gasteiger partial charge in [0.05, 0.1) is 37.6 Å². The van der Waals surface area contributed by atoms with Crippen molar-refractivity contribution < 1.29 is 91.3 Å². The average Bonchev–Trinajstić information content (AvgIpc) is 2.36. The van der Waals surface area contributed by atoms with Gasteiger partial charge in [-0.15, -0.1) is 0 Å². The van der Waals surface area contributed by atoms with E-state index in [2.05, 4.69) is 47.9 Å². The van der Waals surface area contributed by atoms with Gasteiger partial charge in [0.1, 0.15) is 23.3 Å². The van der Waals surface area contributed by atoms with Gasteiger partial charge in [-0.1, -0.05) is 32.9 Å². The van der Waals surface area contributed by atoms with Crippen molar-refractivity contribution in [1.82, 2.24) is 47.9 Å². The molecule has 28 nitrogen and oxygen atoms in total. The van der Waals surface area contributed by atoms with Crippen LogP contribution in [0, 0.1) is 34.8 Å². The summed E-state index contributed by atoms with van der Waals surface area (Å²) in [6.07, 6.45) is 1.17. The molecule has 2 aromatic carbocycles. The second-order valence-electron chi connectivity index (χ2n) is 20.3. The van der Waals surface area contributed by atoms with Gasteiger partial charge in [0.2, 0.25) is 29.5 Å². The van der Waals surface area contributed by atoms with E-state index in [0.717, 1.165) is 30.3 Å². The van der Waals surface area contributed by atoms with Gasteiger partial charge >= 0.3 is 20.2 Å². The van der Waals surface area contributed by atoms with E-state index in [1.54, 1.807) is 41.9 Å². The fourth-order valence-electron chi connectivity index (χ4n) is 7.74. The molecule has 492 valence electrons. The molecule has 0 saturated carbocycles. The van der Waals surface area contributed by atoms with Crippen LogP contribution in [-0.4, -0.2) is 232 Å². The highest BCUT2D eigenvalue weighted by atomic mass is 19.1. The Labute approximate surface area is 509 Å². The van der Waals surface area contributed by atoms with E-state index in [1.807, 2.05) is 0 Å². The quantitative estimate of drug-likeness (QED) is 0.0169. The number of ether oxygens (including phenoxy) is 4. The van der Waals surface area contributed by atoms with Crippen LogP contribution in [0.5, 0.6) is 0 Å². The number of amides is 6. The molecule has 0 bridgehead atoms. The topological polar surface area (TPSA) is 435 Å². The number of benzene rings is 2. The molecule has 0 saturated heterocycles. The number of hydrogen-bond donors (Lipinski definition) is 16. The Kier molecular flexibility index (Phi) is 45.4. The van der Waals surface area contributed by atoms with Crippen molar-refractivity contribution in [3.63, 3.8) is 0 Å². The molecule has 0 aliphatic carbocycles. The molecule has 18 N–H and O–H groups in total. The molecule has 3 unspecified atom stereocenters. The van der Waals surface area contributed by atoms with Crippen LogP contribution in [0.4, 0.5) is 8.78 Å². The van der Waals surface area contributed by atoms with Gasteiger partial charge in [-0.3, -0.25) is 33.6 Å². The summed E-state index contributed by atoms with van der Waals surface area (Å²) in [6, 6.07) is 6.17. The first-order valence-electron chi connectivity index (χ1n) is 28.8. The van der Waals surface area contributed by atoms with Crippen LogP contribution in [0.15, 0.2) is 36.4 Å². The first kappa shape index (κ1) is 80.9. The van der Waals surface area contributed by atoms with E-state index in [4.69, 9.17) is 55.6 Å². The number of carbonyl (C=O) groups is 8. The van der Waals surface area contributed by atoms with Crippen molar-refractivity contribution in [3.05, 3.63) is 59.2 Å². The summed E-state index contributed by atoms with van der Waals surface area (Å²) in [4.78, 5) is 98.3. The summed E-state index contributed by atoms with van der Waals surface area (Å²) in [5.41, 5.74) is 8.88. The number of halogens is 2. The molecule has 0 spiro atoms. The van der Waals surface area contributed by atoms with E-state index < -0.39 is 66.5 Å². The van der Waals surface area contributed by atoms with E-state index in [0.29, 0.717) is 131 Å². The number of carboxylic acid groups (broad SMARTS) is 1. The summed E-state index contributed by atoms with van der Waals surface area (Å²) in [5.74, 6) is -7.80. The van der Waals surface area contributed by atoms with Crippen LogP contribution in [0.2, 0.25) is 0 Å². The number of rotatable bonds is 45. The molecule has 0 radical (unpaired) electrons. The zero-order chi connectivity index (χ0) is 65.6. The van der Waals surface area contributed by atoms with E-state index in [-0.39, 0.29) is 84.2 Å². The number of carbonyl (C=O) groups excluding carboxylic acids is 7. The van der Waals surface area contributed by atoms with Gasteiger partial charge in [-0.05, 0) is 61.4 Å². The highest BCUT2D eigenvalue weighted by Crippen LogP contribution is 2.32. The van der Waals surface area contributed by atoms with Crippen molar-refractivity contribution in [2.75, 3.05) is 145 Å². The molecule has 0 aromatic heterocycles. The molecule has 6 amide bonds. The minimum Gasteiger partial charge on any atom is -0.478 e. The van der Waals surface area contributed by atoms with Crippen LogP contribution in [0.1, 0.15) is 80.5 Å². The highest BCUT2D eigenvalue weighted by molar-refractivity contribution is 6.59. The average molecular weight is 1240 g/mol. The lowest BCUT2D eigenvalue weighted by atomic mass is 9.73. The summed E-state index contributed by atoms with van der Waals surface area (Å²) >= 11 is 0. The van der Waals surface area contributed by atoms with Crippen molar-refractivity contribution in [3.8, 4) is 0 Å². The zero-order valence-electron chi connectivity index (χ0n) is 51.1. The maximum Gasteiger partial charge on any atom is 0.488 e. The number of Topliss-reactive ketones (excluding diaryl/α,β-unsaturated/α-hetero) is 1. The smallest absolute Gasteiger partial charge is 0.478 e. The van der Waals surface area contributed by atoms with E-state index in [1.165, 1.54) is 6.07 Å². The van der Waals surface area contributed by atoms with Crippen LogP contribution >= 0.6 is 0 Å². The number of ketones is 1. The first-order valence-corrected chi connectivity index (χ1v) is 28.8. The molecule has 0 aliphatic rings. The van der Waals surface area contributed by atoms with Crippen molar-refractivity contribution >= 4 is 72.4 Å². The number of aromatic carboxylic acids is 1. The molecule has 32 heteroatoms. The minimum absolute atomic E-state index is 0.00409. The predicted octanol–water partition coefficient (Wildman–Crippen LogP) is -4.55. The van der Waals surface area contributed by atoms with Gasteiger partial charge in [0.15, 0.2) is 0 Å². The van der Waals surface area contributed by atoms with Crippen LogP contribution in [0.3, 0.4) is 0 Å². The van der Waals surface area contributed by atoms with Crippen molar-refractivity contribution in [2.24, 2.45) is 34.6 Å². The molecule has 87 heavy (non-hydrogen) atoms. The monoisotopic (exact) mass is 1240 g/mol. The second-order valence-corrected chi connectivity index (χ2v) is 20.3. The van der Waals surface area contributed by atoms with E-state index in [9.17, 15) is 47.1 Å². The van der Waals surface area contributed by atoms with Crippen molar-refractivity contribution in [1.29, 1.82) is 0 Å². The Morgan fingerprint density at radius 3 is 1.39 bits per heavy atom. The first-order chi connectivity index (χ1) is 41.4. The third-order valence-corrected chi connectivity index (χ3v) is 12.5. The molecule has 2 aromatic rings. The number of nitrogens with one attached hydrogen (secondary N) is 9. The second kappa shape index (κ2) is 48.8. The van der Waals surface area contributed by atoms with Gasteiger partial charge in [-0.25, -0.2) is 13.6 Å². The summed E-state index contributed by atoms with van der Waals surface area (Å²) in [6.45, 7) is 16.0. The number of methoxy groups -OCH3 is 2. The number of carboxylic acids is 1. The molecule has 0 aliphatic heterocycles. The molecule has 0 heterocycles. The van der Waals surface area contributed by atoms with Crippen LogP contribution in [-0.2, 0) is 47.7 Å². The highest BCUT2D eigenvalue weighted by Gasteiger charge is 2.37. The lowest BCUT2D eigenvalue weighted by Gasteiger charge is -2.30. The Morgan fingerprint density at radius 1 is 0.540 bits per heavy atom. The fraction of sp³-hybridized carbons (Fsp3) is 0.636. The molecule has 2 rings (SSSR count). The SMILES string of the molecule is COCCOCCCNC(=O)C(C)C(=O)NCCNCCN.COCCOCCCNC(=O)C(CC(=O)NCCNCCNC(=O)c1ccc(B(O)O)cc1F)CC(C)(C)C(=O)C(C)CC(=O)NCCNCCN.O=C(O)c1ccc(B(O)O)cc1F. The summed E-state index contributed by atoms with van der Waals surface area (Å²) < 4.78 is 47.5. The van der Waals surface area contributed by atoms with Crippen LogP contribution in [0.25, 0.3) is 0 Å². The van der Waals surface area contributed by atoms with Gasteiger partial charge in [0, 0.05) is 149 Å². The van der Waals surface area contributed by atoms with Gasteiger partial charge < -0.3 is 103 Å². The molecular weight excluding hydrogens is 1150 g/mol. The third-order valence-electron chi connectivity index (χ3n) is 12.5. The fourth-order valence-corrected chi connectivity index (χ4v) is 7.74. The van der Waals surface area contributed by atoms with Gasteiger partial charge in [-0.2, -0.15) is 0 Å². The molecule has 0 fully saturated rings. The largest absolute Gasteiger partial charge is 0.488 e. The van der Waals surface area contributed by atoms with E-state index >= 15 is 0 Å².